The molecule has 0 fully saturated rings. The standard InChI is InChI=1S/C18H15NO3.Na/c1-22-17-9-5-4-8-15(17)19-18(21)14-10-12-6-2-3-7-13(12)11-16(14)20;/h2-11,20H,1H3,(H,19,21);/q;+1. The largest absolute Gasteiger partial charge is 1.00 e. The molecule has 0 atom stereocenters. The number of hydrogen-bond acceptors (Lipinski definition) is 3. The van der Waals surface area contributed by atoms with Crippen molar-refractivity contribution >= 4 is 22.4 Å². The smallest absolute Gasteiger partial charge is 0.507 e. The minimum Gasteiger partial charge on any atom is -0.507 e. The second-order valence-electron chi connectivity index (χ2n) is 4.87. The fourth-order valence-electron chi connectivity index (χ4n) is 2.35. The number of amides is 1. The maximum absolute atomic E-state index is 12.4. The van der Waals surface area contributed by atoms with Crippen molar-refractivity contribution in [1.29, 1.82) is 0 Å². The summed E-state index contributed by atoms with van der Waals surface area (Å²) in [5.41, 5.74) is 0.784. The fourth-order valence-corrected chi connectivity index (χ4v) is 2.35. The van der Waals surface area contributed by atoms with Crippen LogP contribution in [0.1, 0.15) is 10.4 Å². The van der Waals surface area contributed by atoms with Crippen LogP contribution in [0, 0.1) is 0 Å². The van der Waals surface area contributed by atoms with Gasteiger partial charge in [0.05, 0.1) is 18.4 Å². The Morgan fingerprint density at radius 1 is 1.00 bits per heavy atom. The molecule has 3 aromatic carbocycles. The van der Waals surface area contributed by atoms with Crippen molar-refractivity contribution in [2.45, 2.75) is 0 Å². The number of phenolic OH excluding ortho intramolecular Hbond substituents is 1. The van der Waals surface area contributed by atoms with E-state index in [1.165, 1.54) is 0 Å². The number of aromatic hydroxyl groups is 1. The van der Waals surface area contributed by atoms with Gasteiger partial charge in [-0.15, -0.1) is 0 Å². The van der Waals surface area contributed by atoms with Crippen LogP contribution in [0.3, 0.4) is 0 Å². The van der Waals surface area contributed by atoms with Crippen LogP contribution in [-0.2, 0) is 0 Å². The molecule has 0 spiro atoms. The molecule has 3 aromatic rings. The second kappa shape index (κ2) is 7.51. The summed E-state index contributed by atoms with van der Waals surface area (Å²) in [4.78, 5) is 12.4. The summed E-state index contributed by atoms with van der Waals surface area (Å²) in [5, 5.41) is 14.6. The number of anilines is 1. The zero-order chi connectivity index (χ0) is 15.5. The first-order chi connectivity index (χ1) is 10.7. The summed E-state index contributed by atoms with van der Waals surface area (Å²) < 4.78 is 5.21. The molecule has 0 aliphatic rings. The van der Waals surface area contributed by atoms with E-state index in [0.717, 1.165) is 10.8 Å². The molecule has 0 aliphatic heterocycles. The zero-order valence-corrected chi connectivity index (χ0v) is 15.0. The summed E-state index contributed by atoms with van der Waals surface area (Å²) in [6, 6.07) is 18.0. The Balaban J connectivity index is 0.00000192. The molecule has 0 aliphatic carbocycles. The van der Waals surface area contributed by atoms with E-state index in [0.29, 0.717) is 11.4 Å². The van der Waals surface area contributed by atoms with Crippen LogP contribution >= 0.6 is 0 Å². The first kappa shape index (κ1) is 17.3. The maximum Gasteiger partial charge on any atom is 1.00 e. The van der Waals surface area contributed by atoms with Crippen molar-refractivity contribution < 1.29 is 44.2 Å². The summed E-state index contributed by atoms with van der Waals surface area (Å²) in [6.07, 6.45) is 0. The molecule has 5 heteroatoms. The number of methoxy groups -OCH3 is 1. The number of nitrogens with one attached hydrogen (secondary N) is 1. The molecule has 23 heavy (non-hydrogen) atoms. The topological polar surface area (TPSA) is 58.6 Å². The Hall–Kier alpha value is -2.01. The Labute approximate surface area is 156 Å². The molecule has 0 heterocycles. The van der Waals surface area contributed by atoms with Crippen molar-refractivity contribution in [3.63, 3.8) is 0 Å². The first-order valence-electron chi connectivity index (χ1n) is 6.85. The number of fused-ring (bicyclic) bond motifs is 1. The van der Waals surface area contributed by atoms with E-state index < -0.39 is 0 Å². The van der Waals surface area contributed by atoms with Gasteiger partial charge in [-0.2, -0.15) is 0 Å². The van der Waals surface area contributed by atoms with Crippen LogP contribution in [0.25, 0.3) is 10.8 Å². The quantitative estimate of drug-likeness (QED) is 0.703. The van der Waals surface area contributed by atoms with Gasteiger partial charge in [0.25, 0.3) is 5.91 Å². The Morgan fingerprint density at radius 2 is 1.61 bits per heavy atom. The van der Waals surface area contributed by atoms with Crippen molar-refractivity contribution in [2.24, 2.45) is 0 Å². The van der Waals surface area contributed by atoms with Gasteiger partial charge in [0, 0.05) is 0 Å². The molecule has 0 bridgehead atoms. The first-order valence-corrected chi connectivity index (χ1v) is 6.85. The number of para-hydroxylation sites is 2. The number of hydrogen-bond donors (Lipinski definition) is 2. The molecular formula is C18H15NNaO3+. The Kier molecular flexibility index (Phi) is 5.66. The zero-order valence-electron chi connectivity index (χ0n) is 13.0. The van der Waals surface area contributed by atoms with E-state index >= 15 is 0 Å². The van der Waals surface area contributed by atoms with Gasteiger partial charge in [-0.3, -0.25) is 4.79 Å². The van der Waals surface area contributed by atoms with Gasteiger partial charge >= 0.3 is 29.6 Å². The summed E-state index contributed by atoms with van der Waals surface area (Å²) in [7, 11) is 1.54. The number of benzene rings is 3. The van der Waals surface area contributed by atoms with Crippen molar-refractivity contribution in [3.8, 4) is 11.5 Å². The van der Waals surface area contributed by atoms with E-state index in [1.54, 1.807) is 37.4 Å². The number of ether oxygens (including phenoxy) is 1. The molecule has 110 valence electrons. The molecule has 0 saturated heterocycles. The van der Waals surface area contributed by atoms with E-state index in [9.17, 15) is 9.90 Å². The van der Waals surface area contributed by atoms with Gasteiger partial charge in [-0.05, 0) is 35.0 Å². The SMILES string of the molecule is COc1ccccc1NC(=O)c1cc2ccccc2cc1O.[Na+]. The van der Waals surface area contributed by atoms with Crippen LogP contribution < -0.4 is 39.6 Å². The van der Waals surface area contributed by atoms with Crippen molar-refractivity contribution in [1.82, 2.24) is 0 Å². The van der Waals surface area contributed by atoms with Crippen LogP contribution in [0.2, 0.25) is 0 Å². The predicted molar refractivity (Wildman–Crippen MR) is 86.6 cm³/mol. The number of carbonyl (C=O) groups excluding carboxylic acids is 1. The van der Waals surface area contributed by atoms with Crippen LogP contribution in [0.4, 0.5) is 5.69 Å². The average molecular weight is 316 g/mol. The molecule has 0 saturated carbocycles. The van der Waals surface area contributed by atoms with Crippen molar-refractivity contribution in [3.05, 3.63) is 66.2 Å². The predicted octanol–water partition coefficient (Wildman–Crippen LogP) is 0.810. The molecule has 3 rings (SSSR count). The minimum atomic E-state index is -0.382. The van der Waals surface area contributed by atoms with Crippen LogP contribution in [0.5, 0.6) is 11.5 Å². The molecular weight excluding hydrogens is 301 g/mol. The van der Waals surface area contributed by atoms with Gasteiger partial charge in [0.15, 0.2) is 0 Å². The molecule has 0 radical (unpaired) electrons. The number of phenols is 1. The second-order valence-corrected chi connectivity index (χ2v) is 4.87. The van der Waals surface area contributed by atoms with E-state index in [1.807, 2.05) is 30.3 Å². The van der Waals surface area contributed by atoms with Gasteiger partial charge in [-0.25, -0.2) is 0 Å². The van der Waals surface area contributed by atoms with Gasteiger partial charge in [0.1, 0.15) is 11.5 Å². The van der Waals surface area contributed by atoms with E-state index in [4.69, 9.17) is 4.74 Å². The summed E-state index contributed by atoms with van der Waals surface area (Å²) >= 11 is 0. The molecule has 2 N–H and O–H groups in total. The monoisotopic (exact) mass is 316 g/mol. The average Bonchev–Trinajstić information content (AvgIpc) is 2.54. The fraction of sp³-hybridized carbons (Fsp3) is 0.0556. The molecule has 1 amide bonds. The normalized spacial score (nSPS) is 9.96. The maximum atomic E-state index is 12.4. The third-order valence-corrected chi connectivity index (χ3v) is 3.46. The van der Waals surface area contributed by atoms with Gasteiger partial charge in [0.2, 0.25) is 0 Å². The van der Waals surface area contributed by atoms with E-state index in [-0.39, 0.29) is 46.8 Å². The molecule has 4 nitrogen and oxygen atoms in total. The Bertz CT molecular complexity index is 849. The summed E-state index contributed by atoms with van der Waals surface area (Å²) in [5.74, 6) is 0.134. The van der Waals surface area contributed by atoms with Crippen molar-refractivity contribution in [2.75, 3.05) is 12.4 Å². The molecule has 0 aromatic heterocycles. The number of carbonyl (C=O) groups is 1. The number of rotatable bonds is 3. The third-order valence-electron chi connectivity index (χ3n) is 3.46. The van der Waals surface area contributed by atoms with Gasteiger partial charge < -0.3 is 15.2 Å². The third kappa shape index (κ3) is 3.67. The minimum absolute atomic E-state index is 0. The van der Waals surface area contributed by atoms with E-state index in [2.05, 4.69) is 5.32 Å². The molecule has 0 unspecified atom stereocenters. The van der Waals surface area contributed by atoms with Gasteiger partial charge in [-0.1, -0.05) is 36.4 Å². The summed E-state index contributed by atoms with van der Waals surface area (Å²) in [6.45, 7) is 0. The Morgan fingerprint density at radius 3 is 2.30 bits per heavy atom. The van der Waals surface area contributed by atoms with Crippen LogP contribution in [-0.4, -0.2) is 18.1 Å². The van der Waals surface area contributed by atoms with Crippen LogP contribution in [0.15, 0.2) is 60.7 Å².